The molecule has 1 heterocycles. The van der Waals surface area contributed by atoms with Crippen molar-refractivity contribution in [2.75, 3.05) is 32.2 Å². The van der Waals surface area contributed by atoms with E-state index in [0.29, 0.717) is 18.0 Å². The summed E-state index contributed by atoms with van der Waals surface area (Å²) in [5.74, 6) is 1.39. The summed E-state index contributed by atoms with van der Waals surface area (Å²) in [7, 11) is -1.05. The molecule has 2 unspecified atom stereocenters. The van der Waals surface area contributed by atoms with Crippen LogP contribution in [0.3, 0.4) is 0 Å². The predicted molar refractivity (Wildman–Crippen MR) is 129 cm³/mol. The highest BCUT2D eigenvalue weighted by Crippen LogP contribution is 2.54. The number of hydrogen-bond acceptors (Lipinski definition) is 3. The molecule has 0 bridgehead atoms. The summed E-state index contributed by atoms with van der Waals surface area (Å²) in [6.07, 6.45) is 10.6. The first-order valence-corrected chi connectivity index (χ1v) is 13.9. The molecule has 0 amide bonds. The Morgan fingerprint density at radius 3 is 2.28 bits per heavy atom. The second-order valence-electron chi connectivity index (χ2n) is 10.5. The van der Waals surface area contributed by atoms with Crippen LogP contribution in [0.2, 0.25) is 5.02 Å². The van der Waals surface area contributed by atoms with Crippen LogP contribution in [0.4, 0.5) is 0 Å². The third-order valence-electron chi connectivity index (χ3n) is 7.30. The minimum Gasteiger partial charge on any atom is -0.336 e. The first kappa shape index (κ1) is 23.4. The van der Waals surface area contributed by atoms with Gasteiger partial charge in [-0.25, -0.2) is 0 Å². The number of nitrogens with zero attached hydrogens (tertiary/aromatic N) is 1. The quantitative estimate of drug-likeness (QED) is 0.635. The summed E-state index contributed by atoms with van der Waals surface area (Å²) in [4.78, 5) is 2.67. The molecule has 3 atom stereocenters. The highest BCUT2D eigenvalue weighted by Gasteiger charge is 2.38. The van der Waals surface area contributed by atoms with Crippen LogP contribution in [-0.2, 0) is 10.6 Å². The molecular weight excluding hydrogens is 400 g/mol. The zero-order chi connectivity index (χ0) is 21.2. The van der Waals surface area contributed by atoms with Gasteiger partial charge in [0, 0.05) is 21.9 Å². The van der Waals surface area contributed by atoms with Crippen LogP contribution in [0.25, 0.3) is 0 Å². The normalized spacial score (nSPS) is 28.0. The smallest absolute Gasteiger partial charge is 0.0621 e. The highest BCUT2D eigenvalue weighted by atomic mass is 35.5. The van der Waals surface area contributed by atoms with E-state index in [1.54, 1.807) is 0 Å². The molecule has 3 rings (SSSR count). The van der Waals surface area contributed by atoms with Crippen LogP contribution < -0.4 is 5.73 Å². The van der Waals surface area contributed by atoms with E-state index in [1.807, 2.05) is 12.1 Å². The van der Waals surface area contributed by atoms with Gasteiger partial charge in [-0.3, -0.25) is 4.90 Å². The molecule has 166 valence electrons. The van der Waals surface area contributed by atoms with E-state index in [9.17, 15) is 0 Å². The van der Waals surface area contributed by atoms with Gasteiger partial charge in [-0.2, -0.15) is 0 Å². The van der Waals surface area contributed by atoms with Gasteiger partial charge in [0.15, 0.2) is 0 Å². The first-order valence-electron chi connectivity index (χ1n) is 11.2. The maximum atomic E-state index is 6.59. The molecule has 1 aromatic carbocycles. The second-order valence-corrected chi connectivity index (χ2v) is 14.9. The number of nitrogens with two attached hydrogens (primary N) is 1. The van der Waals surface area contributed by atoms with Crippen molar-refractivity contribution in [2.45, 2.75) is 69.7 Å². The van der Waals surface area contributed by atoms with E-state index in [-0.39, 0.29) is 4.75 Å². The third-order valence-corrected chi connectivity index (χ3v) is 11.2. The number of halogens is 1. The zero-order valence-electron chi connectivity index (χ0n) is 19.0. The van der Waals surface area contributed by atoms with Crippen LogP contribution >= 0.6 is 21.9 Å². The summed E-state index contributed by atoms with van der Waals surface area (Å²) in [6, 6.07) is 9.20. The molecule has 0 aromatic heterocycles. The van der Waals surface area contributed by atoms with E-state index in [0.717, 1.165) is 24.0 Å². The molecule has 29 heavy (non-hydrogen) atoms. The molecule has 1 aliphatic heterocycles. The van der Waals surface area contributed by atoms with E-state index < -0.39 is 10.3 Å². The molecule has 1 aromatic rings. The standard InChI is InChI=1S/C24H41ClN2OS/c1-24(2,3)29(4,5)28-17-20-15-22(26)23(16-20)27-12-10-19(11-13-27)14-18-6-8-21(25)9-7-18/h6-9,19-20,22-23H,10-17,26H2,1-5H3/t20?,22?,23-/m1/s1. The third kappa shape index (κ3) is 6.13. The maximum Gasteiger partial charge on any atom is 0.0621 e. The monoisotopic (exact) mass is 440 g/mol. The summed E-state index contributed by atoms with van der Waals surface area (Å²) in [5.41, 5.74) is 8.00. The lowest BCUT2D eigenvalue weighted by Gasteiger charge is -2.44. The van der Waals surface area contributed by atoms with Gasteiger partial charge in [-0.15, -0.1) is 10.3 Å². The van der Waals surface area contributed by atoms with E-state index in [2.05, 4.69) is 50.3 Å². The Hall–Kier alpha value is -0.260. The number of benzene rings is 1. The van der Waals surface area contributed by atoms with Crippen molar-refractivity contribution in [2.24, 2.45) is 17.6 Å². The molecule has 0 spiro atoms. The van der Waals surface area contributed by atoms with Crippen molar-refractivity contribution in [1.29, 1.82) is 0 Å². The molecule has 2 aliphatic rings. The van der Waals surface area contributed by atoms with Crippen molar-refractivity contribution in [3.05, 3.63) is 34.9 Å². The lowest BCUT2D eigenvalue weighted by Crippen LogP contribution is -2.48. The molecular formula is C24H41ClN2OS. The van der Waals surface area contributed by atoms with Gasteiger partial charge in [0.25, 0.3) is 0 Å². The lowest BCUT2D eigenvalue weighted by atomic mass is 9.89. The molecule has 2 N–H and O–H groups in total. The van der Waals surface area contributed by atoms with Crippen molar-refractivity contribution in [3.63, 3.8) is 0 Å². The molecule has 1 saturated heterocycles. The van der Waals surface area contributed by atoms with Crippen LogP contribution in [0.1, 0.15) is 52.0 Å². The average Bonchev–Trinajstić information content (AvgIpc) is 3.02. The topological polar surface area (TPSA) is 38.5 Å². The Labute approximate surface area is 185 Å². The first-order chi connectivity index (χ1) is 13.5. The van der Waals surface area contributed by atoms with Gasteiger partial charge in [-0.1, -0.05) is 44.5 Å². The molecule has 1 aliphatic carbocycles. The van der Waals surface area contributed by atoms with Gasteiger partial charge < -0.3 is 9.92 Å². The molecule has 0 radical (unpaired) electrons. The molecule has 2 fully saturated rings. The fraction of sp³-hybridized carbons (Fsp3) is 0.750. The largest absolute Gasteiger partial charge is 0.336 e. The SMILES string of the molecule is CC(C)(C)S(C)(C)OCC1CC(N)[C@H](N2CCC(Cc3ccc(Cl)cc3)CC2)C1. The number of likely N-dealkylation sites (tertiary alicyclic amines) is 1. The van der Waals surface area contributed by atoms with Crippen LogP contribution in [0.5, 0.6) is 0 Å². The van der Waals surface area contributed by atoms with Gasteiger partial charge in [0.05, 0.1) is 6.61 Å². The Kier molecular flexibility index (Phi) is 7.65. The van der Waals surface area contributed by atoms with Gasteiger partial charge in [0.2, 0.25) is 0 Å². The number of rotatable bonds is 6. The van der Waals surface area contributed by atoms with Crippen LogP contribution in [0.15, 0.2) is 24.3 Å². The molecule has 1 saturated carbocycles. The number of hydrogen-bond donors (Lipinski definition) is 1. The summed E-state index contributed by atoms with van der Waals surface area (Å²) in [5, 5.41) is 0.824. The van der Waals surface area contributed by atoms with Crippen molar-refractivity contribution < 1.29 is 4.18 Å². The fourth-order valence-electron chi connectivity index (χ4n) is 4.60. The summed E-state index contributed by atoms with van der Waals surface area (Å²) < 4.78 is 6.67. The zero-order valence-corrected chi connectivity index (χ0v) is 20.6. The van der Waals surface area contributed by atoms with Gasteiger partial charge in [0.1, 0.15) is 0 Å². The van der Waals surface area contributed by atoms with E-state index in [1.165, 1.54) is 44.3 Å². The van der Waals surface area contributed by atoms with E-state index in [4.69, 9.17) is 21.5 Å². The fourth-order valence-corrected chi connectivity index (χ4v) is 5.61. The van der Waals surface area contributed by atoms with Crippen molar-refractivity contribution >= 4 is 21.9 Å². The Morgan fingerprint density at radius 2 is 1.69 bits per heavy atom. The van der Waals surface area contributed by atoms with Gasteiger partial charge in [-0.05, 0) is 87.2 Å². The van der Waals surface area contributed by atoms with Gasteiger partial charge >= 0.3 is 0 Å². The minimum absolute atomic E-state index is 0.221. The minimum atomic E-state index is -1.05. The Morgan fingerprint density at radius 1 is 1.07 bits per heavy atom. The number of piperidine rings is 1. The highest BCUT2D eigenvalue weighted by molar-refractivity contribution is 8.29. The predicted octanol–water partition coefficient (Wildman–Crippen LogP) is 5.49. The molecule has 5 heteroatoms. The van der Waals surface area contributed by atoms with Crippen molar-refractivity contribution in [1.82, 2.24) is 4.90 Å². The Bertz CT molecular complexity index is 650. The summed E-state index contributed by atoms with van der Waals surface area (Å²) in [6.45, 7) is 10.1. The second kappa shape index (κ2) is 9.48. The van der Waals surface area contributed by atoms with E-state index >= 15 is 0 Å². The van der Waals surface area contributed by atoms with Crippen LogP contribution in [0, 0.1) is 11.8 Å². The van der Waals surface area contributed by atoms with Crippen molar-refractivity contribution in [3.8, 4) is 0 Å². The molecule has 3 nitrogen and oxygen atoms in total. The maximum absolute atomic E-state index is 6.59. The van der Waals surface area contributed by atoms with Crippen LogP contribution in [-0.4, -0.2) is 53.9 Å². The Balaban J connectivity index is 1.45. The average molecular weight is 441 g/mol. The summed E-state index contributed by atoms with van der Waals surface area (Å²) >= 11 is 6.01. The lowest BCUT2D eigenvalue weighted by molar-refractivity contribution is 0.121.